The molecule has 2 aromatic rings. The molecule has 150 valence electrons. The molecule has 0 bridgehead atoms. The van der Waals surface area contributed by atoms with Crippen LogP contribution in [0.3, 0.4) is 0 Å². The molecule has 0 unspecified atom stereocenters. The zero-order valence-corrected chi connectivity index (χ0v) is 16.5. The summed E-state index contributed by atoms with van der Waals surface area (Å²) < 4.78 is 17.2. The molecule has 2 aliphatic heterocycles. The van der Waals surface area contributed by atoms with Crippen LogP contribution in [0.4, 0.5) is 0 Å². The molecule has 28 heavy (non-hydrogen) atoms. The molecule has 2 aromatic carbocycles. The number of aliphatic hydroxyl groups excluding tert-OH is 1. The van der Waals surface area contributed by atoms with Gasteiger partial charge in [0.1, 0.15) is 18.1 Å². The Kier molecular flexibility index (Phi) is 5.85. The van der Waals surface area contributed by atoms with E-state index < -0.39 is 0 Å². The van der Waals surface area contributed by atoms with Crippen molar-refractivity contribution in [2.24, 2.45) is 11.3 Å². The van der Waals surface area contributed by atoms with Crippen LogP contribution in [0.2, 0.25) is 0 Å². The van der Waals surface area contributed by atoms with Gasteiger partial charge < -0.3 is 19.3 Å². The second kappa shape index (κ2) is 8.52. The average Bonchev–Trinajstić information content (AvgIpc) is 3.12. The van der Waals surface area contributed by atoms with Crippen molar-refractivity contribution in [3.63, 3.8) is 0 Å². The van der Waals surface area contributed by atoms with Crippen LogP contribution in [-0.2, 0) is 17.9 Å². The molecule has 0 aliphatic carbocycles. The quantitative estimate of drug-likeness (QED) is 0.796. The van der Waals surface area contributed by atoms with Crippen LogP contribution in [0, 0.1) is 11.3 Å². The lowest BCUT2D eigenvalue weighted by Crippen LogP contribution is -2.41. The fourth-order valence-corrected chi connectivity index (χ4v) is 4.46. The van der Waals surface area contributed by atoms with E-state index in [-0.39, 0.29) is 12.0 Å². The predicted octanol–water partition coefficient (Wildman–Crippen LogP) is 3.11. The van der Waals surface area contributed by atoms with E-state index in [0.29, 0.717) is 12.5 Å². The number of ether oxygens (including phenoxy) is 3. The van der Waals surface area contributed by atoms with Crippen molar-refractivity contribution < 1.29 is 19.3 Å². The summed E-state index contributed by atoms with van der Waals surface area (Å²) in [7, 11) is 1.70. The highest BCUT2D eigenvalue weighted by atomic mass is 16.5. The van der Waals surface area contributed by atoms with Gasteiger partial charge in [-0.1, -0.05) is 36.4 Å². The third kappa shape index (κ3) is 4.02. The van der Waals surface area contributed by atoms with Crippen LogP contribution in [0.25, 0.3) is 0 Å². The zero-order chi connectivity index (χ0) is 19.4. The molecule has 1 N–H and O–H groups in total. The maximum absolute atomic E-state index is 10.0. The van der Waals surface area contributed by atoms with E-state index in [9.17, 15) is 5.11 Å². The number of methoxy groups -OCH3 is 1. The van der Waals surface area contributed by atoms with Gasteiger partial charge >= 0.3 is 0 Å². The van der Waals surface area contributed by atoms with E-state index in [1.807, 2.05) is 30.3 Å². The SMILES string of the molecule is COc1cc(OCc2ccccc2)ccc1CN1C[C@@H]2COCC[C@]2(CO)C1. The minimum Gasteiger partial charge on any atom is -0.496 e. The number of likely N-dealkylation sites (tertiary alicyclic amines) is 1. The third-order valence-electron chi connectivity index (χ3n) is 6.16. The Morgan fingerprint density at radius 3 is 2.82 bits per heavy atom. The van der Waals surface area contributed by atoms with Gasteiger partial charge in [0.15, 0.2) is 0 Å². The first-order chi connectivity index (χ1) is 13.7. The van der Waals surface area contributed by atoms with Crippen molar-refractivity contribution >= 4 is 0 Å². The monoisotopic (exact) mass is 383 g/mol. The second-order valence-corrected chi connectivity index (χ2v) is 7.96. The minimum absolute atomic E-state index is 0.00970. The molecule has 5 heteroatoms. The average molecular weight is 383 g/mol. The number of aliphatic hydroxyl groups is 1. The first-order valence-corrected chi connectivity index (χ1v) is 9.97. The van der Waals surface area contributed by atoms with Crippen molar-refractivity contribution in [2.75, 3.05) is 40.0 Å². The summed E-state index contributed by atoms with van der Waals surface area (Å²) in [4.78, 5) is 2.41. The lowest BCUT2D eigenvalue weighted by atomic mass is 9.75. The van der Waals surface area contributed by atoms with Gasteiger partial charge in [0.25, 0.3) is 0 Å². The number of hydrogen-bond acceptors (Lipinski definition) is 5. The van der Waals surface area contributed by atoms with Gasteiger partial charge in [0, 0.05) is 49.2 Å². The van der Waals surface area contributed by atoms with Crippen molar-refractivity contribution in [2.45, 2.75) is 19.6 Å². The van der Waals surface area contributed by atoms with Crippen LogP contribution in [-0.4, -0.2) is 50.0 Å². The van der Waals surface area contributed by atoms with Gasteiger partial charge in [0.2, 0.25) is 0 Å². The van der Waals surface area contributed by atoms with E-state index in [2.05, 4.69) is 23.1 Å². The van der Waals surface area contributed by atoms with Gasteiger partial charge in [-0.25, -0.2) is 0 Å². The topological polar surface area (TPSA) is 51.2 Å². The summed E-state index contributed by atoms with van der Waals surface area (Å²) in [6, 6.07) is 16.2. The summed E-state index contributed by atoms with van der Waals surface area (Å²) >= 11 is 0. The van der Waals surface area contributed by atoms with Crippen LogP contribution in [0.1, 0.15) is 17.5 Å². The Bertz CT molecular complexity index is 781. The first kappa shape index (κ1) is 19.2. The van der Waals surface area contributed by atoms with E-state index in [4.69, 9.17) is 14.2 Å². The molecule has 0 radical (unpaired) electrons. The van der Waals surface area contributed by atoms with Crippen LogP contribution in [0.15, 0.2) is 48.5 Å². The van der Waals surface area contributed by atoms with Crippen LogP contribution >= 0.6 is 0 Å². The standard InChI is InChI=1S/C23H29NO4/c1-26-22-11-21(28-14-18-5-3-2-4-6-18)8-7-19(22)12-24-13-20-15-27-10-9-23(20,16-24)17-25/h2-8,11,20,25H,9-10,12-17H2,1H3/t20-,23-/m1/s1. The smallest absolute Gasteiger partial charge is 0.127 e. The molecule has 2 heterocycles. The van der Waals surface area contributed by atoms with Gasteiger partial charge in [-0.3, -0.25) is 4.90 Å². The van der Waals surface area contributed by atoms with Crippen molar-refractivity contribution in [3.8, 4) is 11.5 Å². The van der Waals surface area contributed by atoms with E-state index in [0.717, 1.165) is 61.9 Å². The van der Waals surface area contributed by atoms with Crippen LogP contribution < -0.4 is 9.47 Å². The second-order valence-electron chi connectivity index (χ2n) is 7.96. The lowest BCUT2D eigenvalue weighted by Gasteiger charge is -2.36. The third-order valence-corrected chi connectivity index (χ3v) is 6.16. The number of benzene rings is 2. The summed E-state index contributed by atoms with van der Waals surface area (Å²) in [5, 5.41) is 10.0. The maximum Gasteiger partial charge on any atom is 0.127 e. The van der Waals surface area contributed by atoms with E-state index in [1.54, 1.807) is 7.11 Å². The summed E-state index contributed by atoms with van der Waals surface area (Å²) in [6.45, 7) is 4.95. The maximum atomic E-state index is 10.0. The Balaban J connectivity index is 1.42. The first-order valence-electron chi connectivity index (χ1n) is 9.97. The largest absolute Gasteiger partial charge is 0.496 e. The molecular formula is C23H29NO4. The molecular weight excluding hydrogens is 354 g/mol. The highest BCUT2D eigenvalue weighted by Crippen LogP contribution is 2.42. The van der Waals surface area contributed by atoms with Gasteiger partial charge in [-0.05, 0) is 18.1 Å². The van der Waals surface area contributed by atoms with E-state index >= 15 is 0 Å². The molecule has 5 nitrogen and oxygen atoms in total. The minimum atomic E-state index is -0.00970. The zero-order valence-electron chi connectivity index (χ0n) is 16.5. The Labute approximate surface area is 166 Å². The Hall–Kier alpha value is -2.08. The molecule has 2 saturated heterocycles. The van der Waals surface area contributed by atoms with Crippen molar-refractivity contribution in [1.29, 1.82) is 0 Å². The summed E-state index contributed by atoms with van der Waals surface area (Å²) in [5.74, 6) is 2.06. The predicted molar refractivity (Wildman–Crippen MR) is 107 cm³/mol. The lowest BCUT2D eigenvalue weighted by molar-refractivity contribution is -0.0417. The number of hydrogen-bond donors (Lipinski definition) is 1. The van der Waals surface area contributed by atoms with Gasteiger partial charge in [-0.15, -0.1) is 0 Å². The number of fused-ring (bicyclic) bond motifs is 1. The van der Waals surface area contributed by atoms with Gasteiger partial charge in [0.05, 0.1) is 20.3 Å². The molecule has 0 saturated carbocycles. The van der Waals surface area contributed by atoms with Gasteiger partial charge in [-0.2, -0.15) is 0 Å². The highest BCUT2D eigenvalue weighted by Gasteiger charge is 2.47. The fraction of sp³-hybridized carbons (Fsp3) is 0.478. The van der Waals surface area contributed by atoms with Crippen molar-refractivity contribution in [3.05, 3.63) is 59.7 Å². The molecule has 2 atom stereocenters. The molecule has 0 aromatic heterocycles. The summed E-state index contributed by atoms with van der Waals surface area (Å²) in [6.07, 6.45) is 0.939. The Morgan fingerprint density at radius 1 is 1.21 bits per heavy atom. The molecule has 2 aliphatic rings. The molecule has 0 amide bonds. The molecule has 2 fully saturated rings. The Morgan fingerprint density at radius 2 is 2.07 bits per heavy atom. The molecule has 0 spiro atoms. The molecule has 4 rings (SSSR count). The highest BCUT2D eigenvalue weighted by molar-refractivity contribution is 5.41. The van der Waals surface area contributed by atoms with Crippen LogP contribution in [0.5, 0.6) is 11.5 Å². The van der Waals surface area contributed by atoms with Crippen molar-refractivity contribution in [1.82, 2.24) is 4.90 Å². The number of rotatable bonds is 7. The normalized spacial score (nSPS) is 24.7. The summed E-state index contributed by atoms with van der Waals surface area (Å²) in [5.41, 5.74) is 2.27. The van der Waals surface area contributed by atoms with E-state index in [1.165, 1.54) is 0 Å². The number of nitrogens with zero attached hydrogens (tertiary/aromatic N) is 1. The fourth-order valence-electron chi connectivity index (χ4n) is 4.46.